The van der Waals surface area contributed by atoms with Gasteiger partial charge in [0.25, 0.3) is 5.91 Å². The van der Waals surface area contributed by atoms with E-state index in [-0.39, 0.29) is 23.8 Å². The van der Waals surface area contributed by atoms with E-state index in [4.69, 9.17) is 4.74 Å². The molecule has 1 aromatic carbocycles. The second-order valence-corrected chi connectivity index (χ2v) is 9.15. The van der Waals surface area contributed by atoms with E-state index in [1.54, 1.807) is 6.20 Å². The number of carbonyl (C=O) groups excluding carboxylic acids is 3. The lowest BCUT2D eigenvalue weighted by Gasteiger charge is -2.32. The van der Waals surface area contributed by atoms with Crippen molar-refractivity contribution in [3.63, 3.8) is 0 Å². The summed E-state index contributed by atoms with van der Waals surface area (Å²) in [5.41, 5.74) is 1.75. The second kappa shape index (κ2) is 8.14. The van der Waals surface area contributed by atoms with Crippen molar-refractivity contribution in [3.05, 3.63) is 41.6 Å². The van der Waals surface area contributed by atoms with Gasteiger partial charge in [0, 0.05) is 19.2 Å². The first-order valence-corrected chi connectivity index (χ1v) is 10.8. The first kappa shape index (κ1) is 20.1. The molecule has 0 saturated carbocycles. The zero-order valence-corrected chi connectivity index (χ0v) is 16.3. The molecule has 9 heteroatoms. The Balaban J connectivity index is 1.57. The molecule has 150 valence electrons. The third kappa shape index (κ3) is 4.78. The van der Waals surface area contributed by atoms with Crippen molar-refractivity contribution in [3.8, 4) is 0 Å². The van der Waals surface area contributed by atoms with Gasteiger partial charge >= 0.3 is 5.97 Å². The van der Waals surface area contributed by atoms with Crippen LogP contribution in [-0.2, 0) is 29.0 Å². The fourth-order valence-corrected chi connectivity index (χ4v) is 5.13. The molecule has 1 saturated heterocycles. The number of rotatable bonds is 5. The highest BCUT2D eigenvalue weighted by Gasteiger charge is 2.30. The lowest BCUT2D eigenvalue weighted by atomic mass is 9.94. The van der Waals surface area contributed by atoms with E-state index >= 15 is 0 Å². The van der Waals surface area contributed by atoms with E-state index < -0.39 is 40.4 Å². The van der Waals surface area contributed by atoms with Gasteiger partial charge in [-0.25, -0.2) is 8.42 Å². The monoisotopic (exact) mass is 406 g/mol. The Hall–Kier alpha value is -2.68. The van der Waals surface area contributed by atoms with Crippen molar-refractivity contribution in [2.45, 2.75) is 31.8 Å². The molecule has 1 N–H and O–H groups in total. The van der Waals surface area contributed by atoms with Crippen molar-refractivity contribution in [2.75, 3.05) is 18.1 Å². The number of esters is 1. The first-order valence-electron chi connectivity index (χ1n) is 8.96. The van der Waals surface area contributed by atoms with Gasteiger partial charge < -0.3 is 15.0 Å². The molecule has 2 atom stereocenters. The van der Waals surface area contributed by atoms with E-state index in [9.17, 15) is 22.8 Å². The van der Waals surface area contributed by atoms with E-state index in [1.807, 2.05) is 30.3 Å². The summed E-state index contributed by atoms with van der Waals surface area (Å²) in [4.78, 5) is 37.6. The molecule has 0 aromatic heterocycles. The second-order valence-electron chi connectivity index (χ2n) is 6.92. The van der Waals surface area contributed by atoms with Gasteiger partial charge in [-0.1, -0.05) is 24.3 Å². The normalized spacial score (nSPS) is 22.4. The number of fused-ring (bicyclic) bond motifs is 1. The van der Waals surface area contributed by atoms with Crippen molar-refractivity contribution in [1.82, 2.24) is 10.2 Å². The molecule has 1 aromatic rings. The van der Waals surface area contributed by atoms with Crippen LogP contribution in [0.2, 0.25) is 0 Å². The van der Waals surface area contributed by atoms with Crippen molar-refractivity contribution < 1.29 is 27.5 Å². The average molecular weight is 406 g/mol. The Bertz CT molecular complexity index is 924. The van der Waals surface area contributed by atoms with Crippen molar-refractivity contribution >= 4 is 33.7 Å². The predicted octanol–water partition coefficient (Wildman–Crippen LogP) is 0.797. The zero-order valence-electron chi connectivity index (χ0n) is 15.5. The molecule has 2 heterocycles. The van der Waals surface area contributed by atoms with E-state index in [2.05, 4.69) is 5.32 Å². The molecule has 0 radical (unpaired) electrons. The third-order valence-corrected chi connectivity index (χ3v) is 6.56. The number of nitrogens with zero attached hydrogens (tertiary/aromatic N) is 1. The van der Waals surface area contributed by atoms with Gasteiger partial charge in [-0.15, -0.1) is 0 Å². The standard InChI is InChI=1S/C19H22N2O6S/c1-13(22)21-8-6-14-4-2-3-5-16(14)17(21)10-19(24)27-11-18(23)20-15-7-9-28(25,26)12-15/h2-6,8,15,17H,7,9-12H2,1H3,(H,20,23)/t15-,17+/m0/s1. The minimum absolute atomic E-state index is 0.0488. The van der Waals surface area contributed by atoms with Crippen molar-refractivity contribution in [2.24, 2.45) is 0 Å². The maximum absolute atomic E-state index is 12.3. The highest BCUT2D eigenvalue weighted by molar-refractivity contribution is 7.91. The molecule has 0 spiro atoms. The summed E-state index contributed by atoms with van der Waals surface area (Å²) in [7, 11) is -3.10. The molecular weight excluding hydrogens is 384 g/mol. The lowest BCUT2D eigenvalue weighted by Crippen LogP contribution is -2.38. The topological polar surface area (TPSA) is 110 Å². The molecule has 8 nitrogen and oxygen atoms in total. The van der Waals surface area contributed by atoms with Gasteiger partial charge in [-0.3, -0.25) is 14.4 Å². The Morgan fingerprint density at radius 1 is 1.25 bits per heavy atom. The van der Waals surface area contributed by atoms with E-state index in [0.717, 1.165) is 11.1 Å². The van der Waals surface area contributed by atoms with Crippen LogP contribution in [0.25, 0.3) is 6.08 Å². The fourth-order valence-electron chi connectivity index (χ4n) is 3.45. The molecule has 0 bridgehead atoms. The predicted molar refractivity (Wildman–Crippen MR) is 102 cm³/mol. The lowest BCUT2D eigenvalue weighted by molar-refractivity contribution is -0.150. The molecule has 28 heavy (non-hydrogen) atoms. The van der Waals surface area contributed by atoms with Crippen LogP contribution >= 0.6 is 0 Å². The summed E-state index contributed by atoms with van der Waals surface area (Å²) in [6.07, 6.45) is 3.71. The molecule has 2 aliphatic heterocycles. The Morgan fingerprint density at radius 2 is 2.00 bits per heavy atom. The number of carbonyl (C=O) groups is 3. The quantitative estimate of drug-likeness (QED) is 0.724. The Labute approximate surface area is 163 Å². The smallest absolute Gasteiger partial charge is 0.308 e. The van der Waals surface area contributed by atoms with Crippen LogP contribution in [0, 0.1) is 0 Å². The number of sulfone groups is 1. The zero-order chi connectivity index (χ0) is 20.3. The summed E-state index contributed by atoms with van der Waals surface area (Å²) in [5, 5.41) is 2.57. The van der Waals surface area contributed by atoms with Gasteiger partial charge in [0.15, 0.2) is 16.4 Å². The highest BCUT2D eigenvalue weighted by atomic mass is 32.2. The molecule has 0 aliphatic carbocycles. The number of benzene rings is 1. The Morgan fingerprint density at radius 3 is 2.68 bits per heavy atom. The summed E-state index contributed by atoms with van der Waals surface area (Å²) < 4.78 is 27.9. The van der Waals surface area contributed by atoms with Crippen LogP contribution in [0.1, 0.15) is 36.9 Å². The largest absolute Gasteiger partial charge is 0.456 e. The van der Waals surface area contributed by atoms with Gasteiger partial charge in [-0.2, -0.15) is 0 Å². The number of amides is 2. The molecule has 2 amide bonds. The van der Waals surface area contributed by atoms with Gasteiger partial charge in [0.2, 0.25) is 5.91 Å². The summed E-state index contributed by atoms with van der Waals surface area (Å²) in [6.45, 7) is 0.930. The number of ether oxygens (including phenoxy) is 1. The SMILES string of the molecule is CC(=O)N1C=Cc2ccccc2[C@H]1CC(=O)OCC(=O)N[C@H]1CCS(=O)(=O)C1. The van der Waals surface area contributed by atoms with Gasteiger partial charge in [-0.05, 0) is 23.6 Å². The Kier molecular flexibility index (Phi) is 5.83. The minimum atomic E-state index is -3.10. The summed E-state index contributed by atoms with van der Waals surface area (Å²) in [5.74, 6) is -1.40. The van der Waals surface area contributed by atoms with Gasteiger partial charge in [0.1, 0.15) is 0 Å². The number of hydrogen-bond acceptors (Lipinski definition) is 6. The fraction of sp³-hybridized carbons (Fsp3) is 0.421. The van der Waals surface area contributed by atoms with Crippen LogP contribution < -0.4 is 5.32 Å². The van der Waals surface area contributed by atoms with Crippen LogP contribution in [0.4, 0.5) is 0 Å². The van der Waals surface area contributed by atoms with Crippen LogP contribution in [-0.4, -0.2) is 55.3 Å². The molecule has 2 aliphatic rings. The number of nitrogens with one attached hydrogen (secondary N) is 1. The minimum Gasteiger partial charge on any atom is -0.456 e. The van der Waals surface area contributed by atoms with Crippen LogP contribution in [0.5, 0.6) is 0 Å². The number of hydrogen-bond donors (Lipinski definition) is 1. The van der Waals surface area contributed by atoms with E-state index in [1.165, 1.54) is 11.8 Å². The van der Waals surface area contributed by atoms with E-state index in [0.29, 0.717) is 6.42 Å². The molecule has 3 rings (SSSR count). The average Bonchev–Trinajstić information content (AvgIpc) is 2.98. The summed E-state index contributed by atoms with van der Waals surface area (Å²) >= 11 is 0. The van der Waals surface area contributed by atoms with Gasteiger partial charge in [0.05, 0.1) is 24.0 Å². The first-order chi connectivity index (χ1) is 13.2. The molecular formula is C19H22N2O6S. The third-order valence-electron chi connectivity index (χ3n) is 4.79. The van der Waals surface area contributed by atoms with Crippen LogP contribution in [0.3, 0.4) is 0 Å². The maximum atomic E-state index is 12.3. The van der Waals surface area contributed by atoms with Crippen molar-refractivity contribution in [1.29, 1.82) is 0 Å². The maximum Gasteiger partial charge on any atom is 0.308 e. The molecule has 1 fully saturated rings. The highest BCUT2D eigenvalue weighted by Crippen LogP contribution is 2.33. The summed E-state index contributed by atoms with van der Waals surface area (Å²) in [6, 6.07) is 6.49. The molecule has 0 unspecified atom stereocenters. The van der Waals surface area contributed by atoms with Crippen LogP contribution in [0.15, 0.2) is 30.5 Å².